The fourth-order valence-corrected chi connectivity index (χ4v) is 4.46. The summed E-state index contributed by atoms with van der Waals surface area (Å²) in [6, 6.07) is 14.8. The van der Waals surface area contributed by atoms with E-state index < -0.39 is 10.0 Å². The lowest BCUT2D eigenvalue weighted by molar-refractivity contribution is -0.120. The van der Waals surface area contributed by atoms with Crippen LogP contribution in [0.3, 0.4) is 0 Å². The highest BCUT2D eigenvalue weighted by Gasteiger charge is 2.26. The highest BCUT2D eigenvalue weighted by Crippen LogP contribution is 2.31. The molecular formula is C21H26N2O4S. The van der Waals surface area contributed by atoms with Crippen LogP contribution in [0.2, 0.25) is 0 Å². The van der Waals surface area contributed by atoms with Crippen LogP contribution in [0.25, 0.3) is 0 Å². The molecule has 7 heteroatoms. The van der Waals surface area contributed by atoms with Gasteiger partial charge in [-0.25, -0.2) is 8.42 Å². The average molecular weight is 403 g/mol. The lowest BCUT2D eigenvalue weighted by Gasteiger charge is -2.28. The van der Waals surface area contributed by atoms with E-state index in [1.54, 1.807) is 24.3 Å². The number of carbonyl (C=O) groups is 1. The maximum absolute atomic E-state index is 12.8. The summed E-state index contributed by atoms with van der Waals surface area (Å²) in [7, 11) is -3.66. The van der Waals surface area contributed by atoms with Gasteiger partial charge >= 0.3 is 0 Å². The molecule has 1 N–H and O–H groups in total. The number of rotatable bonds is 7. The smallest absolute Gasteiger partial charge is 0.241 e. The molecule has 2 aromatic carbocycles. The van der Waals surface area contributed by atoms with Gasteiger partial charge in [0, 0.05) is 0 Å². The molecule has 0 saturated heterocycles. The molecule has 0 spiro atoms. The monoisotopic (exact) mass is 402 g/mol. The van der Waals surface area contributed by atoms with Crippen molar-refractivity contribution >= 4 is 21.6 Å². The van der Waals surface area contributed by atoms with Gasteiger partial charge in [0.1, 0.15) is 12.3 Å². The van der Waals surface area contributed by atoms with Crippen LogP contribution >= 0.6 is 0 Å². The Kier molecular flexibility index (Phi) is 6.24. The van der Waals surface area contributed by atoms with Crippen molar-refractivity contribution in [2.45, 2.75) is 32.2 Å². The number of para-hydroxylation sites is 2. The third-order valence-corrected chi connectivity index (χ3v) is 5.95. The standard InChI is InChI=1S/C21H26N2O4S/c1-3-27-20-14-7-6-13-19(20)23(28(2,25)26)15-21(24)22-18-12-8-10-16-9-4-5-11-17(16)18/h4-7,9,11,13-14,18H,3,8,10,12,15H2,1-2H3,(H,22,24). The van der Waals surface area contributed by atoms with Gasteiger partial charge in [0.15, 0.2) is 0 Å². The minimum atomic E-state index is -3.66. The Morgan fingerprint density at radius 3 is 2.64 bits per heavy atom. The van der Waals surface area contributed by atoms with Crippen LogP contribution in [0.5, 0.6) is 5.75 Å². The van der Waals surface area contributed by atoms with Gasteiger partial charge in [-0.2, -0.15) is 0 Å². The van der Waals surface area contributed by atoms with Gasteiger partial charge in [0.05, 0.1) is 24.6 Å². The molecular weight excluding hydrogens is 376 g/mol. The molecule has 2 aromatic rings. The fraction of sp³-hybridized carbons (Fsp3) is 0.381. The molecule has 3 rings (SSSR count). The number of carbonyl (C=O) groups excluding carboxylic acids is 1. The van der Waals surface area contributed by atoms with Crippen molar-refractivity contribution in [2.75, 3.05) is 23.7 Å². The van der Waals surface area contributed by atoms with Gasteiger partial charge in [0.25, 0.3) is 0 Å². The molecule has 0 heterocycles. The van der Waals surface area contributed by atoms with Crippen LogP contribution in [0, 0.1) is 0 Å². The molecule has 0 fully saturated rings. The summed E-state index contributed by atoms with van der Waals surface area (Å²) < 4.78 is 31.5. The predicted octanol–water partition coefficient (Wildman–Crippen LogP) is 3.05. The van der Waals surface area contributed by atoms with Crippen LogP contribution in [-0.4, -0.2) is 33.7 Å². The number of anilines is 1. The molecule has 1 unspecified atom stereocenters. The van der Waals surface area contributed by atoms with Crippen LogP contribution in [0.15, 0.2) is 48.5 Å². The van der Waals surface area contributed by atoms with Crippen LogP contribution in [-0.2, 0) is 21.2 Å². The number of hydrogen-bond acceptors (Lipinski definition) is 4. The Hall–Kier alpha value is -2.54. The summed E-state index contributed by atoms with van der Waals surface area (Å²) >= 11 is 0. The normalized spacial score (nSPS) is 16.1. The number of fused-ring (bicyclic) bond motifs is 1. The molecule has 0 aromatic heterocycles. The topological polar surface area (TPSA) is 75.7 Å². The van der Waals surface area contributed by atoms with Crippen molar-refractivity contribution in [2.24, 2.45) is 0 Å². The van der Waals surface area contributed by atoms with E-state index in [2.05, 4.69) is 11.4 Å². The molecule has 6 nitrogen and oxygen atoms in total. The zero-order chi connectivity index (χ0) is 20.1. The largest absolute Gasteiger partial charge is 0.492 e. The number of benzene rings is 2. The van der Waals surface area contributed by atoms with Crippen molar-refractivity contribution in [3.63, 3.8) is 0 Å². The van der Waals surface area contributed by atoms with Crippen molar-refractivity contribution in [3.8, 4) is 5.75 Å². The van der Waals surface area contributed by atoms with E-state index in [4.69, 9.17) is 4.74 Å². The first-order valence-corrected chi connectivity index (χ1v) is 11.3. The second-order valence-electron chi connectivity index (χ2n) is 6.88. The lowest BCUT2D eigenvalue weighted by Crippen LogP contribution is -2.42. The highest BCUT2D eigenvalue weighted by molar-refractivity contribution is 7.92. The molecule has 150 valence electrons. The number of sulfonamides is 1. The van der Waals surface area contributed by atoms with Gasteiger partial charge in [-0.05, 0) is 49.4 Å². The summed E-state index contributed by atoms with van der Waals surface area (Å²) in [5.74, 6) is 0.102. The molecule has 0 aliphatic heterocycles. The molecule has 1 aliphatic carbocycles. The van der Waals surface area contributed by atoms with Gasteiger partial charge in [0.2, 0.25) is 15.9 Å². The van der Waals surface area contributed by atoms with Gasteiger partial charge < -0.3 is 10.1 Å². The Morgan fingerprint density at radius 1 is 1.18 bits per heavy atom. The second-order valence-corrected chi connectivity index (χ2v) is 8.79. The molecule has 1 aliphatic rings. The molecule has 0 radical (unpaired) electrons. The number of ether oxygens (including phenoxy) is 1. The number of hydrogen-bond donors (Lipinski definition) is 1. The maximum atomic E-state index is 12.8. The summed E-state index contributed by atoms with van der Waals surface area (Å²) in [4.78, 5) is 12.8. The highest BCUT2D eigenvalue weighted by atomic mass is 32.2. The Balaban J connectivity index is 1.81. The van der Waals surface area contributed by atoms with Crippen LogP contribution in [0.1, 0.15) is 36.9 Å². The van der Waals surface area contributed by atoms with E-state index >= 15 is 0 Å². The van der Waals surface area contributed by atoms with Gasteiger partial charge in [-0.15, -0.1) is 0 Å². The van der Waals surface area contributed by atoms with Gasteiger partial charge in [-0.1, -0.05) is 36.4 Å². The van der Waals surface area contributed by atoms with Crippen molar-refractivity contribution in [1.29, 1.82) is 0 Å². The SMILES string of the molecule is CCOc1ccccc1N(CC(=O)NC1CCCc2ccccc21)S(C)(=O)=O. The van der Waals surface area contributed by atoms with Crippen molar-refractivity contribution in [1.82, 2.24) is 5.32 Å². The summed E-state index contributed by atoms with van der Waals surface area (Å²) in [5.41, 5.74) is 2.72. The van der Waals surface area contributed by atoms with Gasteiger partial charge in [-0.3, -0.25) is 9.10 Å². The molecule has 1 atom stereocenters. The zero-order valence-corrected chi connectivity index (χ0v) is 17.0. The number of amides is 1. The number of aryl methyl sites for hydroxylation is 1. The van der Waals surface area contributed by atoms with Crippen LogP contribution < -0.4 is 14.4 Å². The third-order valence-electron chi connectivity index (χ3n) is 4.83. The molecule has 28 heavy (non-hydrogen) atoms. The quantitative estimate of drug-likeness (QED) is 0.772. The first kappa shape index (κ1) is 20.2. The van der Waals surface area contributed by atoms with Crippen molar-refractivity contribution in [3.05, 3.63) is 59.7 Å². The summed E-state index contributed by atoms with van der Waals surface area (Å²) in [6.07, 6.45) is 3.93. The van der Waals surface area contributed by atoms with E-state index in [1.165, 1.54) is 5.56 Å². The number of nitrogens with zero attached hydrogens (tertiary/aromatic N) is 1. The summed E-state index contributed by atoms with van der Waals surface area (Å²) in [6.45, 7) is 1.94. The van der Waals surface area contributed by atoms with E-state index in [-0.39, 0.29) is 18.5 Å². The first-order valence-electron chi connectivity index (χ1n) is 9.47. The summed E-state index contributed by atoms with van der Waals surface area (Å²) in [5, 5.41) is 3.01. The number of nitrogens with one attached hydrogen (secondary N) is 1. The maximum Gasteiger partial charge on any atom is 0.241 e. The van der Waals surface area contributed by atoms with E-state index in [1.807, 2.05) is 25.1 Å². The molecule has 1 amide bonds. The van der Waals surface area contributed by atoms with Crippen molar-refractivity contribution < 1.29 is 17.9 Å². The van der Waals surface area contributed by atoms with E-state index in [0.717, 1.165) is 35.4 Å². The Bertz CT molecular complexity index is 943. The Morgan fingerprint density at radius 2 is 1.89 bits per heavy atom. The molecule has 0 saturated carbocycles. The minimum absolute atomic E-state index is 0.0963. The predicted molar refractivity (Wildman–Crippen MR) is 110 cm³/mol. The van der Waals surface area contributed by atoms with Crippen LogP contribution in [0.4, 0.5) is 5.69 Å². The molecule has 0 bridgehead atoms. The minimum Gasteiger partial charge on any atom is -0.492 e. The first-order chi connectivity index (χ1) is 13.4. The third kappa shape index (κ3) is 4.65. The van der Waals surface area contributed by atoms with E-state index in [0.29, 0.717) is 18.0 Å². The van der Waals surface area contributed by atoms with E-state index in [9.17, 15) is 13.2 Å². The zero-order valence-electron chi connectivity index (χ0n) is 16.2. The Labute approximate surface area is 166 Å². The average Bonchev–Trinajstić information content (AvgIpc) is 2.66. The second kappa shape index (κ2) is 8.65. The fourth-order valence-electron chi connectivity index (χ4n) is 3.60. The lowest BCUT2D eigenvalue weighted by atomic mass is 9.88.